The maximum Gasteiger partial charge on any atom is 0.275 e. The van der Waals surface area contributed by atoms with E-state index in [0.717, 1.165) is 6.21 Å². The molecule has 0 amide bonds. The van der Waals surface area contributed by atoms with Crippen LogP contribution < -0.4 is 5.43 Å². The van der Waals surface area contributed by atoms with Crippen LogP contribution in [0, 0.1) is 4.91 Å². The first-order valence-electron chi connectivity index (χ1n) is 4.37. The average molecular weight is 217 g/mol. The second kappa shape index (κ2) is 4.72. The number of oxime groups is 2. The number of nitrogens with zero attached hydrogens (tertiary/aromatic N) is 3. The molecule has 0 aromatic rings. The van der Waals surface area contributed by atoms with Gasteiger partial charge in [-0.15, -0.1) is 5.43 Å². The first-order chi connectivity index (χ1) is 6.75. The van der Waals surface area contributed by atoms with E-state index in [4.69, 9.17) is 10.4 Å². The van der Waals surface area contributed by atoms with Crippen LogP contribution in [0.2, 0.25) is 0 Å². The zero-order valence-corrected chi connectivity index (χ0v) is 9.30. The van der Waals surface area contributed by atoms with Gasteiger partial charge in [-0.05, 0) is 13.8 Å². The number of rotatable bonds is 5. The average Bonchev–Trinajstić information content (AvgIpc) is 2.02. The molecule has 86 valence electrons. The van der Waals surface area contributed by atoms with Crippen molar-refractivity contribution in [2.24, 2.45) is 10.3 Å². The molecule has 0 aromatic heterocycles. The van der Waals surface area contributed by atoms with Crippen LogP contribution in [0.25, 0.3) is 0 Å². The standard InChI is InChI=1S/C8H16N4O3/c1-7(2,5-9-13)11-12(15)8(3,4)6-10-14/h5-6H,1-4H3,(H2-,11,13,14,15)/p+1/b9-5-,10-6-. The molecule has 0 bridgehead atoms. The van der Waals surface area contributed by atoms with Crippen LogP contribution in [-0.4, -0.2) is 38.8 Å². The summed E-state index contributed by atoms with van der Waals surface area (Å²) in [6, 6.07) is 0. The summed E-state index contributed by atoms with van der Waals surface area (Å²) < 4.78 is 0. The second-order valence-electron chi connectivity index (χ2n) is 4.27. The van der Waals surface area contributed by atoms with Crippen molar-refractivity contribution >= 4 is 12.4 Å². The summed E-state index contributed by atoms with van der Waals surface area (Å²) in [7, 11) is 0. The SMILES string of the molecule is CC(C)(/C=N\O)N[N+](=O)C(C)(C)/C=N\O. The molecule has 0 atom stereocenters. The third-order valence-electron chi connectivity index (χ3n) is 1.67. The molecule has 0 aromatic carbocycles. The van der Waals surface area contributed by atoms with Crippen LogP contribution in [0.1, 0.15) is 27.7 Å². The third-order valence-corrected chi connectivity index (χ3v) is 1.67. The van der Waals surface area contributed by atoms with Crippen molar-refractivity contribution in [1.82, 2.24) is 5.43 Å². The van der Waals surface area contributed by atoms with Gasteiger partial charge in [-0.1, -0.05) is 10.3 Å². The fourth-order valence-electron chi connectivity index (χ4n) is 0.773. The molecule has 15 heavy (non-hydrogen) atoms. The highest BCUT2D eigenvalue weighted by atomic mass is 16.4. The predicted octanol–water partition coefficient (Wildman–Crippen LogP) is 0.747. The number of hydrogen-bond acceptors (Lipinski definition) is 5. The molecule has 0 heterocycles. The quantitative estimate of drug-likeness (QED) is 0.274. The Balaban J connectivity index is 4.63. The highest BCUT2D eigenvalue weighted by Gasteiger charge is 2.38. The number of hydrogen-bond donors (Lipinski definition) is 3. The van der Waals surface area contributed by atoms with Crippen molar-refractivity contribution in [2.75, 3.05) is 0 Å². The minimum Gasteiger partial charge on any atom is -0.411 e. The van der Waals surface area contributed by atoms with E-state index in [1.807, 2.05) is 0 Å². The lowest BCUT2D eigenvalue weighted by Gasteiger charge is -2.18. The van der Waals surface area contributed by atoms with Crippen molar-refractivity contribution in [3.05, 3.63) is 4.91 Å². The van der Waals surface area contributed by atoms with Gasteiger partial charge in [0.15, 0.2) is 0 Å². The Morgan fingerprint density at radius 2 is 1.60 bits per heavy atom. The Bertz CT molecular complexity index is 284. The fraction of sp³-hybridized carbons (Fsp3) is 0.750. The summed E-state index contributed by atoms with van der Waals surface area (Å²) in [6.07, 6.45) is 2.28. The van der Waals surface area contributed by atoms with Crippen molar-refractivity contribution < 1.29 is 15.3 Å². The number of hydrazine groups is 1. The molecule has 0 aliphatic rings. The fourth-order valence-corrected chi connectivity index (χ4v) is 0.773. The normalized spacial score (nSPS) is 13.6. The van der Waals surface area contributed by atoms with E-state index in [9.17, 15) is 4.91 Å². The molecule has 0 spiro atoms. The van der Waals surface area contributed by atoms with E-state index in [0.29, 0.717) is 4.87 Å². The van der Waals surface area contributed by atoms with E-state index in [2.05, 4.69) is 15.7 Å². The van der Waals surface area contributed by atoms with Gasteiger partial charge in [0.1, 0.15) is 16.6 Å². The largest absolute Gasteiger partial charge is 0.411 e. The van der Waals surface area contributed by atoms with Crippen molar-refractivity contribution in [1.29, 1.82) is 0 Å². The maximum absolute atomic E-state index is 11.6. The van der Waals surface area contributed by atoms with E-state index in [1.54, 1.807) is 27.7 Å². The Labute approximate surface area is 88.0 Å². The van der Waals surface area contributed by atoms with Crippen LogP contribution in [-0.2, 0) is 0 Å². The summed E-state index contributed by atoms with van der Waals surface area (Å²) in [5.74, 6) is 0. The Hall–Kier alpha value is -1.66. The highest BCUT2D eigenvalue weighted by Crippen LogP contribution is 2.06. The minimum absolute atomic E-state index is 0.522. The van der Waals surface area contributed by atoms with Gasteiger partial charge in [-0.3, -0.25) is 0 Å². The number of nitroso groups, excluding NO2 is 1. The van der Waals surface area contributed by atoms with E-state index >= 15 is 0 Å². The van der Waals surface area contributed by atoms with Crippen LogP contribution in [0.5, 0.6) is 0 Å². The summed E-state index contributed by atoms with van der Waals surface area (Å²) in [4.78, 5) is 12.1. The van der Waals surface area contributed by atoms with Crippen LogP contribution in [0.3, 0.4) is 0 Å². The van der Waals surface area contributed by atoms with Gasteiger partial charge in [0.25, 0.3) is 5.54 Å². The topological polar surface area (TPSA) is 97.3 Å². The molecule has 7 heteroatoms. The Kier molecular flexibility index (Phi) is 4.20. The lowest BCUT2D eigenvalue weighted by molar-refractivity contribution is -0.660. The maximum atomic E-state index is 11.6. The van der Waals surface area contributed by atoms with Gasteiger partial charge in [0.05, 0.1) is 11.1 Å². The lowest BCUT2D eigenvalue weighted by atomic mass is 10.1. The molecule has 0 fully saturated rings. The van der Waals surface area contributed by atoms with Crippen molar-refractivity contribution in [2.45, 2.75) is 38.8 Å². The Morgan fingerprint density at radius 1 is 1.13 bits per heavy atom. The first kappa shape index (κ1) is 13.3. The summed E-state index contributed by atoms with van der Waals surface area (Å²) in [6.45, 7) is 6.45. The molecule has 0 saturated carbocycles. The molecule has 0 radical (unpaired) electrons. The number of nitrogens with one attached hydrogen (secondary N) is 1. The minimum atomic E-state index is -1.00. The third kappa shape index (κ3) is 4.39. The van der Waals surface area contributed by atoms with Gasteiger partial charge in [0, 0.05) is 13.8 Å². The smallest absolute Gasteiger partial charge is 0.275 e. The summed E-state index contributed by atoms with van der Waals surface area (Å²) >= 11 is 0. The van der Waals surface area contributed by atoms with Gasteiger partial charge in [-0.2, -0.15) is 0 Å². The zero-order valence-electron chi connectivity index (χ0n) is 9.30. The van der Waals surface area contributed by atoms with E-state index < -0.39 is 11.1 Å². The van der Waals surface area contributed by atoms with Crippen LogP contribution >= 0.6 is 0 Å². The van der Waals surface area contributed by atoms with E-state index in [1.165, 1.54) is 6.21 Å². The molecule has 0 aliphatic carbocycles. The molecular weight excluding hydrogens is 200 g/mol. The summed E-state index contributed by atoms with van der Waals surface area (Å²) in [5, 5.41) is 22.4. The monoisotopic (exact) mass is 217 g/mol. The lowest BCUT2D eigenvalue weighted by Crippen LogP contribution is -2.54. The molecule has 0 saturated heterocycles. The van der Waals surface area contributed by atoms with Gasteiger partial charge in [0.2, 0.25) is 0 Å². The molecule has 3 N–H and O–H groups in total. The zero-order chi connectivity index (χ0) is 12.1. The predicted molar refractivity (Wildman–Crippen MR) is 55.5 cm³/mol. The highest BCUT2D eigenvalue weighted by molar-refractivity contribution is 5.68. The second-order valence-corrected chi connectivity index (χ2v) is 4.27. The van der Waals surface area contributed by atoms with Gasteiger partial charge in [-0.25, -0.2) is 0 Å². The van der Waals surface area contributed by atoms with Crippen molar-refractivity contribution in [3.63, 3.8) is 0 Å². The molecule has 0 unspecified atom stereocenters. The summed E-state index contributed by atoms with van der Waals surface area (Å²) in [5.41, 5.74) is 0.749. The first-order valence-corrected chi connectivity index (χ1v) is 4.37. The van der Waals surface area contributed by atoms with Crippen LogP contribution in [0.4, 0.5) is 0 Å². The molecular formula is C8H17N4O3+. The Morgan fingerprint density at radius 3 is 2.00 bits per heavy atom. The van der Waals surface area contributed by atoms with Gasteiger partial charge >= 0.3 is 0 Å². The molecule has 0 rings (SSSR count). The van der Waals surface area contributed by atoms with Gasteiger partial charge < -0.3 is 10.4 Å². The molecule has 0 aliphatic heterocycles. The van der Waals surface area contributed by atoms with Crippen molar-refractivity contribution in [3.8, 4) is 0 Å². The van der Waals surface area contributed by atoms with E-state index in [-0.39, 0.29) is 0 Å². The molecule has 7 nitrogen and oxygen atoms in total. The van der Waals surface area contributed by atoms with Crippen LogP contribution in [0.15, 0.2) is 10.3 Å².